The normalized spacial score (nSPS) is 13.0. The van der Waals surface area contributed by atoms with Gasteiger partial charge in [0.25, 0.3) is 6.43 Å². The minimum Gasteiger partial charge on any atom is -0.337 e. The summed E-state index contributed by atoms with van der Waals surface area (Å²) in [5.41, 5.74) is 0.142. The van der Waals surface area contributed by atoms with Crippen molar-refractivity contribution >= 4 is 22.5 Å². The predicted octanol–water partition coefficient (Wildman–Crippen LogP) is 3.29. The third kappa shape index (κ3) is 6.20. The molecule has 2 N–H and O–H groups in total. The Kier molecular flexibility index (Phi) is 6.26. The lowest BCUT2D eigenvalue weighted by molar-refractivity contribution is 0.151. The van der Waals surface area contributed by atoms with E-state index >= 15 is 0 Å². The molecular formula is C14H20F2N2O2S. The average Bonchev–Trinajstić information content (AvgIpc) is 2.37. The first kappa shape index (κ1) is 17.6. The Balaban J connectivity index is 2.44. The molecule has 0 radical (unpaired) electrons. The van der Waals surface area contributed by atoms with E-state index in [0.29, 0.717) is 11.4 Å². The van der Waals surface area contributed by atoms with Gasteiger partial charge in [-0.1, -0.05) is 12.1 Å². The molecule has 1 atom stereocenters. The zero-order valence-corrected chi connectivity index (χ0v) is 13.1. The third-order valence-corrected chi connectivity index (χ3v) is 4.59. The van der Waals surface area contributed by atoms with Crippen molar-refractivity contribution in [1.82, 2.24) is 5.32 Å². The van der Waals surface area contributed by atoms with Crippen LogP contribution in [0.15, 0.2) is 24.3 Å². The van der Waals surface area contributed by atoms with Crippen LogP contribution in [0.5, 0.6) is 0 Å². The van der Waals surface area contributed by atoms with Crippen LogP contribution in [0.2, 0.25) is 0 Å². The molecule has 0 fully saturated rings. The van der Waals surface area contributed by atoms with E-state index in [1.54, 1.807) is 0 Å². The number of carbonyl (C=O) groups excluding carboxylic acids is 1. The summed E-state index contributed by atoms with van der Waals surface area (Å²) in [5, 5.41) is 5.02. The molecule has 0 aromatic heterocycles. The Labute approximate surface area is 125 Å². The highest BCUT2D eigenvalue weighted by Crippen LogP contribution is 2.21. The molecule has 1 rings (SSSR count). The van der Waals surface area contributed by atoms with Crippen LogP contribution in [0, 0.1) is 0 Å². The Morgan fingerprint density at radius 1 is 1.33 bits per heavy atom. The second kappa shape index (κ2) is 7.49. The SMILES string of the molecule is CC(C)(C)[S@@](=O)CCNC(=O)Nc1cccc(C(F)F)c1. The second-order valence-electron chi connectivity index (χ2n) is 5.47. The molecule has 0 aliphatic heterocycles. The molecule has 7 heteroatoms. The van der Waals surface area contributed by atoms with Gasteiger partial charge in [0.05, 0.1) is 0 Å². The van der Waals surface area contributed by atoms with Gasteiger partial charge in [-0.25, -0.2) is 13.6 Å². The number of alkyl halides is 2. The average molecular weight is 318 g/mol. The van der Waals surface area contributed by atoms with E-state index < -0.39 is 23.3 Å². The monoisotopic (exact) mass is 318 g/mol. The number of nitrogens with one attached hydrogen (secondary N) is 2. The van der Waals surface area contributed by atoms with Crippen LogP contribution >= 0.6 is 0 Å². The Morgan fingerprint density at radius 2 is 2.00 bits per heavy atom. The Morgan fingerprint density at radius 3 is 2.57 bits per heavy atom. The van der Waals surface area contributed by atoms with E-state index in [-0.39, 0.29) is 16.9 Å². The molecule has 4 nitrogen and oxygen atoms in total. The first-order chi connectivity index (χ1) is 9.70. The van der Waals surface area contributed by atoms with Gasteiger partial charge in [-0.15, -0.1) is 0 Å². The van der Waals surface area contributed by atoms with E-state index in [9.17, 15) is 17.8 Å². The fraction of sp³-hybridized carbons (Fsp3) is 0.500. The van der Waals surface area contributed by atoms with Crippen molar-refractivity contribution in [3.05, 3.63) is 29.8 Å². The van der Waals surface area contributed by atoms with Crippen molar-refractivity contribution in [3.8, 4) is 0 Å². The summed E-state index contributed by atoms with van der Waals surface area (Å²) in [6.45, 7) is 5.83. The summed E-state index contributed by atoms with van der Waals surface area (Å²) in [6.07, 6.45) is -2.58. The van der Waals surface area contributed by atoms with Crippen LogP contribution in [0.25, 0.3) is 0 Å². The second-order valence-corrected chi connectivity index (χ2v) is 7.79. The molecule has 2 amide bonds. The standard InChI is InChI=1S/C14H20F2N2O2S/c1-14(2,3)21(20)8-7-17-13(19)18-11-6-4-5-10(9-11)12(15)16/h4-6,9,12H,7-8H2,1-3H3,(H2,17,18,19)/t21-/m0/s1. The highest BCUT2D eigenvalue weighted by atomic mass is 32.2. The Hall–Kier alpha value is -1.50. The van der Waals surface area contributed by atoms with E-state index in [1.165, 1.54) is 24.3 Å². The van der Waals surface area contributed by atoms with Crippen LogP contribution in [-0.2, 0) is 10.8 Å². The predicted molar refractivity (Wildman–Crippen MR) is 81.2 cm³/mol. The molecule has 118 valence electrons. The lowest BCUT2D eigenvalue weighted by Crippen LogP contribution is -2.35. The fourth-order valence-electron chi connectivity index (χ4n) is 1.49. The first-order valence-corrected chi connectivity index (χ1v) is 7.83. The largest absolute Gasteiger partial charge is 0.337 e. The minimum atomic E-state index is -2.58. The lowest BCUT2D eigenvalue weighted by Gasteiger charge is -2.17. The van der Waals surface area contributed by atoms with Crippen molar-refractivity contribution in [1.29, 1.82) is 0 Å². The summed E-state index contributed by atoms with van der Waals surface area (Å²) < 4.78 is 36.5. The van der Waals surface area contributed by atoms with Crippen molar-refractivity contribution in [2.75, 3.05) is 17.6 Å². The molecule has 0 aliphatic rings. The number of anilines is 1. The smallest absolute Gasteiger partial charge is 0.319 e. The molecule has 0 heterocycles. The van der Waals surface area contributed by atoms with E-state index in [1.807, 2.05) is 20.8 Å². The van der Waals surface area contributed by atoms with Crippen molar-refractivity contribution in [2.24, 2.45) is 0 Å². The quantitative estimate of drug-likeness (QED) is 0.875. The van der Waals surface area contributed by atoms with Crippen molar-refractivity contribution < 1.29 is 17.8 Å². The van der Waals surface area contributed by atoms with Crippen molar-refractivity contribution in [3.63, 3.8) is 0 Å². The number of amides is 2. The number of benzene rings is 1. The summed E-state index contributed by atoms with van der Waals surface area (Å²) in [4.78, 5) is 11.6. The van der Waals surface area contributed by atoms with Gasteiger partial charge in [0.1, 0.15) is 0 Å². The molecule has 0 spiro atoms. The number of halogens is 2. The number of hydrogen-bond donors (Lipinski definition) is 2. The van der Waals surface area contributed by atoms with Gasteiger partial charge in [0.15, 0.2) is 0 Å². The molecule has 1 aromatic rings. The lowest BCUT2D eigenvalue weighted by atomic mass is 10.2. The summed E-state index contributed by atoms with van der Waals surface area (Å²) in [6, 6.07) is 4.98. The van der Waals surface area contributed by atoms with Gasteiger partial charge < -0.3 is 10.6 Å². The first-order valence-electron chi connectivity index (χ1n) is 6.51. The number of urea groups is 1. The topological polar surface area (TPSA) is 58.2 Å². The van der Waals surface area contributed by atoms with E-state index in [4.69, 9.17) is 0 Å². The summed E-state index contributed by atoms with van der Waals surface area (Å²) in [7, 11) is -1.05. The number of hydrogen-bond acceptors (Lipinski definition) is 2. The highest BCUT2D eigenvalue weighted by Gasteiger charge is 2.18. The van der Waals surface area contributed by atoms with Gasteiger partial charge in [-0.3, -0.25) is 4.21 Å². The minimum absolute atomic E-state index is 0.151. The van der Waals surface area contributed by atoms with Gasteiger partial charge in [-0.2, -0.15) is 0 Å². The third-order valence-electron chi connectivity index (χ3n) is 2.65. The maximum Gasteiger partial charge on any atom is 0.319 e. The summed E-state index contributed by atoms with van der Waals surface area (Å²) in [5.74, 6) is 0.341. The van der Waals surface area contributed by atoms with Crippen LogP contribution in [-0.4, -0.2) is 27.3 Å². The van der Waals surface area contributed by atoms with Crippen LogP contribution in [0.3, 0.4) is 0 Å². The van der Waals surface area contributed by atoms with Gasteiger partial charge in [-0.05, 0) is 32.9 Å². The van der Waals surface area contributed by atoms with Crippen LogP contribution in [0.1, 0.15) is 32.8 Å². The number of carbonyl (C=O) groups is 1. The van der Waals surface area contributed by atoms with Gasteiger partial charge >= 0.3 is 6.03 Å². The van der Waals surface area contributed by atoms with Gasteiger partial charge in [0, 0.05) is 39.1 Å². The maximum atomic E-state index is 12.5. The number of rotatable bonds is 5. The molecule has 1 aromatic carbocycles. The molecule has 0 bridgehead atoms. The van der Waals surface area contributed by atoms with Crippen LogP contribution in [0.4, 0.5) is 19.3 Å². The molecule has 0 unspecified atom stereocenters. The zero-order chi connectivity index (χ0) is 16.0. The maximum absolute atomic E-state index is 12.5. The zero-order valence-electron chi connectivity index (χ0n) is 12.3. The van der Waals surface area contributed by atoms with Crippen LogP contribution < -0.4 is 10.6 Å². The Bertz CT molecular complexity index is 516. The molecule has 0 saturated carbocycles. The molecule has 0 aliphatic carbocycles. The van der Waals surface area contributed by atoms with Crippen molar-refractivity contribution in [2.45, 2.75) is 31.9 Å². The highest BCUT2D eigenvalue weighted by molar-refractivity contribution is 7.86. The fourth-order valence-corrected chi connectivity index (χ4v) is 2.39. The molecule has 0 saturated heterocycles. The molecule has 21 heavy (non-hydrogen) atoms. The van der Waals surface area contributed by atoms with E-state index in [2.05, 4.69) is 10.6 Å². The van der Waals surface area contributed by atoms with Gasteiger partial charge in [0.2, 0.25) is 0 Å². The summed E-state index contributed by atoms with van der Waals surface area (Å²) >= 11 is 0. The molecular weight excluding hydrogens is 298 g/mol. The van der Waals surface area contributed by atoms with E-state index in [0.717, 1.165) is 0 Å².